The minimum Gasteiger partial charge on any atom is -0.308 e. The predicted octanol–water partition coefficient (Wildman–Crippen LogP) is 13.4. The molecular formula is C46H30N2S. The predicted molar refractivity (Wildman–Crippen MR) is 211 cm³/mol. The second-order valence-corrected chi connectivity index (χ2v) is 13.6. The molecule has 230 valence electrons. The molecule has 0 atom stereocenters. The SMILES string of the molecule is c1ccc(-c2ccccc2N(c2ccc3cc4sc5ccccc5c4cc3c2)c2cccc3c4ccccc4n(-c4ccccc4)c23)cc1. The van der Waals surface area contributed by atoms with Crippen molar-refractivity contribution >= 4 is 81.1 Å². The molecule has 2 aromatic heterocycles. The summed E-state index contributed by atoms with van der Waals surface area (Å²) in [5.41, 5.74) is 9.26. The zero-order chi connectivity index (χ0) is 32.3. The van der Waals surface area contributed by atoms with Gasteiger partial charge in [-0.3, -0.25) is 0 Å². The summed E-state index contributed by atoms with van der Waals surface area (Å²) in [6, 6.07) is 66.2. The van der Waals surface area contributed by atoms with Gasteiger partial charge in [0.1, 0.15) is 0 Å². The number of fused-ring (bicyclic) bond motifs is 7. The Kier molecular flexibility index (Phi) is 6.39. The third-order valence-corrected chi connectivity index (χ3v) is 10.9. The second kappa shape index (κ2) is 11.2. The lowest BCUT2D eigenvalue weighted by Crippen LogP contribution is -2.13. The highest BCUT2D eigenvalue weighted by Gasteiger charge is 2.23. The van der Waals surface area contributed by atoms with E-state index in [4.69, 9.17) is 0 Å². The van der Waals surface area contributed by atoms with Gasteiger partial charge in [0, 0.05) is 47.9 Å². The summed E-state index contributed by atoms with van der Waals surface area (Å²) in [5.74, 6) is 0. The van der Waals surface area contributed by atoms with Crippen LogP contribution in [0.3, 0.4) is 0 Å². The summed E-state index contributed by atoms with van der Waals surface area (Å²) in [6.07, 6.45) is 0. The maximum Gasteiger partial charge on any atom is 0.0782 e. The molecule has 0 bridgehead atoms. The minimum atomic E-state index is 1.12. The Bertz CT molecular complexity index is 2830. The van der Waals surface area contributed by atoms with Crippen molar-refractivity contribution < 1.29 is 0 Å². The maximum absolute atomic E-state index is 2.47. The van der Waals surface area contributed by atoms with Gasteiger partial charge in [0.15, 0.2) is 0 Å². The Balaban J connectivity index is 1.30. The van der Waals surface area contributed by atoms with Crippen molar-refractivity contribution in [1.29, 1.82) is 0 Å². The highest BCUT2D eigenvalue weighted by atomic mass is 32.1. The Morgan fingerprint density at radius 3 is 2.00 bits per heavy atom. The Labute approximate surface area is 288 Å². The number of hydrogen-bond donors (Lipinski definition) is 0. The first-order valence-corrected chi connectivity index (χ1v) is 17.5. The Hall–Kier alpha value is -6.16. The van der Waals surface area contributed by atoms with Gasteiger partial charge in [-0.15, -0.1) is 11.3 Å². The molecule has 0 aliphatic heterocycles. The Morgan fingerprint density at radius 1 is 0.429 bits per heavy atom. The van der Waals surface area contributed by atoms with E-state index in [0.29, 0.717) is 0 Å². The van der Waals surface area contributed by atoms with E-state index in [-0.39, 0.29) is 0 Å². The summed E-state index contributed by atoms with van der Waals surface area (Å²) in [6.45, 7) is 0. The molecule has 0 radical (unpaired) electrons. The molecule has 0 amide bonds. The number of rotatable bonds is 5. The first-order chi connectivity index (χ1) is 24.3. The molecule has 0 aliphatic carbocycles. The topological polar surface area (TPSA) is 8.17 Å². The Morgan fingerprint density at radius 2 is 1.12 bits per heavy atom. The number of thiophene rings is 1. The zero-order valence-electron chi connectivity index (χ0n) is 26.6. The third-order valence-electron chi connectivity index (χ3n) is 9.74. The van der Waals surface area contributed by atoms with E-state index in [0.717, 1.165) is 22.7 Å². The van der Waals surface area contributed by atoms with Crippen LogP contribution in [0.5, 0.6) is 0 Å². The van der Waals surface area contributed by atoms with Crippen molar-refractivity contribution in [2.75, 3.05) is 4.90 Å². The number of para-hydroxylation sites is 4. The van der Waals surface area contributed by atoms with Crippen LogP contribution in [0.25, 0.3) is 69.6 Å². The molecule has 49 heavy (non-hydrogen) atoms. The van der Waals surface area contributed by atoms with E-state index >= 15 is 0 Å². The van der Waals surface area contributed by atoms with Gasteiger partial charge in [0.25, 0.3) is 0 Å². The quantitative estimate of drug-likeness (QED) is 0.181. The van der Waals surface area contributed by atoms with Gasteiger partial charge in [-0.2, -0.15) is 0 Å². The maximum atomic E-state index is 2.47. The van der Waals surface area contributed by atoms with E-state index in [1.165, 1.54) is 63.9 Å². The average Bonchev–Trinajstić information content (AvgIpc) is 3.70. The fourth-order valence-electron chi connectivity index (χ4n) is 7.56. The van der Waals surface area contributed by atoms with E-state index in [2.05, 4.69) is 191 Å². The average molecular weight is 643 g/mol. The fraction of sp³-hybridized carbons (Fsp3) is 0. The van der Waals surface area contributed by atoms with E-state index in [1.54, 1.807) is 0 Å². The van der Waals surface area contributed by atoms with Crippen LogP contribution < -0.4 is 4.90 Å². The van der Waals surface area contributed by atoms with Crippen molar-refractivity contribution in [2.45, 2.75) is 0 Å². The van der Waals surface area contributed by atoms with Crippen LogP contribution in [-0.2, 0) is 0 Å². The monoisotopic (exact) mass is 642 g/mol. The fourth-order valence-corrected chi connectivity index (χ4v) is 8.70. The molecule has 0 saturated heterocycles. The third kappa shape index (κ3) is 4.47. The molecule has 8 aromatic carbocycles. The molecular weight excluding hydrogens is 613 g/mol. The lowest BCUT2D eigenvalue weighted by Gasteiger charge is -2.29. The molecule has 2 heterocycles. The number of hydrogen-bond acceptors (Lipinski definition) is 2. The van der Waals surface area contributed by atoms with E-state index in [9.17, 15) is 0 Å². The summed E-state index contributed by atoms with van der Waals surface area (Å²) >= 11 is 1.87. The molecule has 0 N–H and O–H groups in total. The minimum absolute atomic E-state index is 1.12. The first kappa shape index (κ1) is 27.9. The smallest absolute Gasteiger partial charge is 0.0782 e. The zero-order valence-corrected chi connectivity index (χ0v) is 27.4. The van der Waals surface area contributed by atoms with Gasteiger partial charge in [0.05, 0.1) is 22.4 Å². The molecule has 2 nitrogen and oxygen atoms in total. The van der Waals surface area contributed by atoms with Crippen LogP contribution in [0.4, 0.5) is 17.1 Å². The van der Waals surface area contributed by atoms with Crippen LogP contribution in [0.1, 0.15) is 0 Å². The van der Waals surface area contributed by atoms with Crippen LogP contribution in [0.2, 0.25) is 0 Å². The highest BCUT2D eigenvalue weighted by Crippen LogP contribution is 2.47. The largest absolute Gasteiger partial charge is 0.308 e. The van der Waals surface area contributed by atoms with E-state index < -0.39 is 0 Å². The van der Waals surface area contributed by atoms with Gasteiger partial charge in [-0.1, -0.05) is 121 Å². The van der Waals surface area contributed by atoms with Crippen molar-refractivity contribution in [3.8, 4) is 16.8 Å². The lowest BCUT2D eigenvalue weighted by atomic mass is 10.0. The lowest BCUT2D eigenvalue weighted by molar-refractivity contribution is 1.17. The molecule has 10 aromatic rings. The van der Waals surface area contributed by atoms with Crippen LogP contribution in [0.15, 0.2) is 182 Å². The standard InChI is InChI=1S/C46H30N2S/c1-3-14-31(15-4-1)36-18-7-10-22-41(36)47(35-27-26-32-30-45-40(29-33(32)28-35)38-20-9-12-25-44(38)49-45)43-24-13-21-39-37-19-8-11-23-42(37)48(46(39)43)34-16-5-2-6-17-34/h1-30H. The molecule has 10 rings (SSSR count). The van der Waals surface area contributed by atoms with Gasteiger partial charge in [-0.25, -0.2) is 0 Å². The molecule has 0 unspecified atom stereocenters. The van der Waals surface area contributed by atoms with Crippen molar-refractivity contribution in [1.82, 2.24) is 4.57 Å². The van der Waals surface area contributed by atoms with Crippen LogP contribution in [0, 0.1) is 0 Å². The summed E-state index contributed by atoms with van der Waals surface area (Å²) < 4.78 is 5.08. The highest BCUT2D eigenvalue weighted by molar-refractivity contribution is 7.25. The molecule has 0 aliphatic rings. The number of anilines is 3. The van der Waals surface area contributed by atoms with E-state index in [1.807, 2.05) is 11.3 Å². The first-order valence-electron chi connectivity index (χ1n) is 16.7. The van der Waals surface area contributed by atoms with Gasteiger partial charge >= 0.3 is 0 Å². The summed E-state index contributed by atoms with van der Waals surface area (Å²) in [5, 5.41) is 7.57. The molecule has 3 heteroatoms. The second-order valence-electron chi connectivity index (χ2n) is 12.6. The van der Waals surface area contributed by atoms with Crippen molar-refractivity contribution in [2.24, 2.45) is 0 Å². The summed E-state index contributed by atoms with van der Waals surface area (Å²) in [4.78, 5) is 2.47. The number of nitrogens with zero attached hydrogens (tertiary/aromatic N) is 2. The van der Waals surface area contributed by atoms with Crippen LogP contribution >= 0.6 is 11.3 Å². The van der Waals surface area contributed by atoms with Crippen molar-refractivity contribution in [3.05, 3.63) is 182 Å². The van der Waals surface area contributed by atoms with Gasteiger partial charge in [-0.05, 0) is 77.0 Å². The number of aromatic nitrogens is 1. The van der Waals surface area contributed by atoms with Crippen LogP contribution in [-0.4, -0.2) is 4.57 Å². The molecule has 0 fully saturated rings. The molecule has 0 spiro atoms. The number of benzene rings is 8. The summed E-state index contributed by atoms with van der Waals surface area (Å²) in [7, 11) is 0. The van der Waals surface area contributed by atoms with Gasteiger partial charge in [0.2, 0.25) is 0 Å². The molecule has 0 saturated carbocycles. The van der Waals surface area contributed by atoms with Gasteiger partial charge < -0.3 is 9.47 Å². The van der Waals surface area contributed by atoms with Crippen molar-refractivity contribution in [3.63, 3.8) is 0 Å². The normalized spacial score (nSPS) is 11.7.